The summed E-state index contributed by atoms with van der Waals surface area (Å²) in [7, 11) is 1.86. The van der Waals surface area contributed by atoms with E-state index in [1.807, 2.05) is 38.2 Å². The van der Waals surface area contributed by atoms with Crippen LogP contribution in [0.1, 0.15) is 12.0 Å². The fourth-order valence-electron chi connectivity index (χ4n) is 1.95. The van der Waals surface area contributed by atoms with Crippen molar-refractivity contribution in [3.8, 4) is 0 Å². The maximum atomic E-state index is 12.0. The quantitative estimate of drug-likeness (QED) is 0.835. The summed E-state index contributed by atoms with van der Waals surface area (Å²) in [6, 6.07) is 7.99. The molecule has 0 atom stereocenters. The number of nitrogens with one attached hydrogen (secondary N) is 1. The van der Waals surface area contributed by atoms with Gasteiger partial charge in [-0.05, 0) is 37.6 Å². The number of para-hydroxylation sites is 1. The molecule has 3 heteroatoms. The highest BCUT2D eigenvalue weighted by Gasteiger charge is 2.22. The first kappa shape index (κ1) is 11.1. The second-order valence-corrected chi connectivity index (χ2v) is 4.47. The van der Waals surface area contributed by atoms with Gasteiger partial charge in [0, 0.05) is 19.2 Å². The van der Waals surface area contributed by atoms with Crippen molar-refractivity contribution in [2.75, 3.05) is 25.0 Å². The van der Waals surface area contributed by atoms with Crippen LogP contribution in [0.15, 0.2) is 24.3 Å². The Morgan fingerprint density at radius 2 is 2.12 bits per heavy atom. The van der Waals surface area contributed by atoms with E-state index < -0.39 is 0 Å². The van der Waals surface area contributed by atoms with Crippen LogP contribution in [0.3, 0.4) is 0 Å². The number of rotatable bonds is 3. The minimum absolute atomic E-state index is 0.209. The predicted octanol–water partition coefficient (Wildman–Crippen LogP) is 1.57. The largest absolute Gasteiger partial charge is 0.316 e. The van der Waals surface area contributed by atoms with E-state index in [4.69, 9.17) is 0 Å². The summed E-state index contributed by atoms with van der Waals surface area (Å²) in [4.78, 5) is 13.8. The van der Waals surface area contributed by atoms with Gasteiger partial charge in [-0.25, -0.2) is 0 Å². The van der Waals surface area contributed by atoms with Crippen LogP contribution >= 0.6 is 0 Å². The third-order valence-electron chi connectivity index (χ3n) is 3.18. The van der Waals surface area contributed by atoms with Crippen LogP contribution in [0.4, 0.5) is 5.69 Å². The van der Waals surface area contributed by atoms with E-state index >= 15 is 0 Å². The van der Waals surface area contributed by atoms with E-state index in [0.717, 1.165) is 24.3 Å². The van der Waals surface area contributed by atoms with E-state index in [0.29, 0.717) is 12.3 Å². The number of amides is 1. The van der Waals surface area contributed by atoms with Gasteiger partial charge in [-0.15, -0.1) is 0 Å². The third kappa shape index (κ3) is 2.25. The highest BCUT2D eigenvalue weighted by molar-refractivity contribution is 5.93. The molecule has 3 nitrogen and oxygen atoms in total. The Hall–Kier alpha value is -1.35. The molecule has 1 heterocycles. The van der Waals surface area contributed by atoms with Crippen molar-refractivity contribution in [1.82, 2.24) is 5.32 Å². The Morgan fingerprint density at radius 3 is 2.69 bits per heavy atom. The summed E-state index contributed by atoms with van der Waals surface area (Å²) in [5.74, 6) is 0.736. The maximum absolute atomic E-state index is 12.0. The molecular formula is C13H18N2O. The van der Waals surface area contributed by atoms with Crippen LogP contribution in [-0.4, -0.2) is 26.0 Å². The van der Waals surface area contributed by atoms with Crippen molar-refractivity contribution in [1.29, 1.82) is 0 Å². The zero-order valence-corrected chi connectivity index (χ0v) is 9.86. The second-order valence-electron chi connectivity index (χ2n) is 4.47. The molecule has 1 aromatic carbocycles. The zero-order chi connectivity index (χ0) is 11.5. The zero-order valence-electron chi connectivity index (χ0n) is 9.86. The molecule has 1 aromatic rings. The second kappa shape index (κ2) is 4.66. The molecule has 0 unspecified atom stereocenters. The number of hydrogen-bond donors (Lipinski definition) is 1. The minimum atomic E-state index is 0.209. The van der Waals surface area contributed by atoms with Crippen molar-refractivity contribution in [2.45, 2.75) is 13.3 Å². The molecule has 1 aliphatic heterocycles. The van der Waals surface area contributed by atoms with E-state index in [-0.39, 0.29) is 5.91 Å². The molecule has 1 saturated heterocycles. The summed E-state index contributed by atoms with van der Waals surface area (Å²) in [5, 5.41) is 3.19. The number of carbonyl (C=O) groups is 1. The monoisotopic (exact) mass is 218 g/mol. The molecule has 0 aromatic heterocycles. The number of anilines is 1. The Bertz CT molecular complexity index is 385. The summed E-state index contributed by atoms with van der Waals surface area (Å²) >= 11 is 0. The lowest BCUT2D eigenvalue weighted by atomic mass is 9.98. The molecule has 0 saturated carbocycles. The molecule has 0 radical (unpaired) electrons. The van der Waals surface area contributed by atoms with Gasteiger partial charge < -0.3 is 10.2 Å². The van der Waals surface area contributed by atoms with Crippen LogP contribution in [0.5, 0.6) is 0 Å². The number of benzene rings is 1. The van der Waals surface area contributed by atoms with Gasteiger partial charge in [-0.3, -0.25) is 4.79 Å². The Labute approximate surface area is 96.5 Å². The number of hydrogen-bond acceptors (Lipinski definition) is 2. The van der Waals surface area contributed by atoms with Crippen molar-refractivity contribution < 1.29 is 4.79 Å². The van der Waals surface area contributed by atoms with Gasteiger partial charge in [0.2, 0.25) is 5.91 Å². The van der Waals surface area contributed by atoms with Crippen LogP contribution < -0.4 is 10.2 Å². The molecule has 0 bridgehead atoms. The van der Waals surface area contributed by atoms with Crippen LogP contribution in [0.2, 0.25) is 0 Å². The molecule has 16 heavy (non-hydrogen) atoms. The Morgan fingerprint density at radius 1 is 1.44 bits per heavy atom. The molecule has 0 spiro atoms. The van der Waals surface area contributed by atoms with Gasteiger partial charge in [0.15, 0.2) is 0 Å². The van der Waals surface area contributed by atoms with Gasteiger partial charge in [-0.2, -0.15) is 0 Å². The number of carbonyl (C=O) groups excluding carboxylic acids is 1. The first-order chi connectivity index (χ1) is 7.68. The fourth-order valence-corrected chi connectivity index (χ4v) is 1.95. The molecule has 2 rings (SSSR count). The number of aryl methyl sites for hydroxylation is 1. The van der Waals surface area contributed by atoms with Crippen LogP contribution in [0, 0.1) is 12.8 Å². The average Bonchev–Trinajstić information content (AvgIpc) is 2.23. The summed E-state index contributed by atoms with van der Waals surface area (Å²) in [6.45, 7) is 3.99. The van der Waals surface area contributed by atoms with Crippen LogP contribution in [0.25, 0.3) is 0 Å². The first-order valence-corrected chi connectivity index (χ1v) is 5.71. The van der Waals surface area contributed by atoms with Crippen molar-refractivity contribution in [3.63, 3.8) is 0 Å². The lowest BCUT2D eigenvalue weighted by Gasteiger charge is -2.28. The summed E-state index contributed by atoms with van der Waals surface area (Å²) in [6.07, 6.45) is 0.651. The lowest BCUT2D eigenvalue weighted by molar-refractivity contribution is -0.119. The van der Waals surface area contributed by atoms with E-state index in [1.54, 1.807) is 4.90 Å². The molecule has 1 amide bonds. The van der Waals surface area contributed by atoms with E-state index in [9.17, 15) is 4.79 Å². The van der Waals surface area contributed by atoms with Gasteiger partial charge in [0.05, 0.1) is 0 Å². The molecule has 0 aliphatic carbocycles. The predicted molar refractivity (Wildman–Crippen MR) is 65.6 cm³/mol. The highest BCUT2D eigenvalue weighted by Crippen LogP contribution is 2.20. The molecule has 1 aliphatic rings. The minimum Gasteiger partial charge on any atom is -0.316 e. The topological polar surface area (TPSA) is 32.3 Å². The van der Waals surface area contributed by atoms with Gasteiger partial charge in [0.1, 0.15) is 0 Å². The molecule has 1 N–H and O–H groups in total. The summed E-state index contributed by atoms with van der Waals surface area (Å²) < 4.78 is 0. The van der Waals surface area contributed by atoms with Gasteiger partial charge in [0.25, 0.3) is 0 Å². The van der Waals surface area contributed by atoms with Gasteiger partial charge in [-0.1, -0.05) is 18.2 Å². The standard InChI is InChI=1S/C13H18N2O/c1-10-5-3-4-6-12(10)15(2)13(16)7-11-8-14-9-11/h3-6,11,14H,7-9H2,1-2H3. The molecular weight excluding hydrogens is 200 g/mol. The van der Waals surface area contributed by atoms with E-state index in [2.05, 4.69) is 5.32 Å². The maximum Gasteiger partial charge on any atom is 0.227 e. The SMILES string of the molecule is Cc1ccccc1N(C)C(=O)CC1CNC1. The smallest absolute Gasteiger partial charge is 0.227 e. The summed E-state index contributed by atoms with van der Waals surface area (Å²) in [5.41, 5.74) is 2.16. The first-order valence-electron chi connectivity index (χ1n) is 5.71. The molecule has 86 valence electrons. The van der Waals surface area contributed by atoms with E-state index in [1.165, 1.54) is 0 Å². The Kier molecular flexibility index (Phi) is 3.25. The van der Waals surface area contributed by atoms with Gasteiger partial charge >= 0.3 is 0 Å². The Balaban J connectivity index is 2.03. The van der Waals surface area contributed by atoms with Crippen LogP contribution in [-0.2, 0) is 4.79 Å². The normalized spacial score (nSPS) is 15.6. The average molecular weight is 218 g/mol. The van der Waals surface area contributed by atoms with Crippen molar-refractivity contribution in [2.24, 2.45) is 5.92 Å². The number of nitrogens with zero attached hydrogens (tertiary/aromatic N) is 1. The fraction of sp³-hybridized carbons (Fsp3) is 0.462. The lowest BCUT2D eigenvalue weighted by Crippen LogP contribution is -2.44. The highest BCUT2D eigenvalue weighted by atomic mass is 16.2. The third-order valence-corrected chi connectivity index (χ3v) is 3.18. The van der Waals surface area contributed by atoms with Crippen molar-refractivity contribution >= 4 is 11.6 Å². The molecule has 1 fully saturated rings. The van der Waals surface area contributed by atoms with Crippen molar-refractivity contribution in [3.05, 3.63) is 29.8 Å².